The van der Waals surface area contributed by atoms with Crippen molar-refractivity contribution in [2.45, 2.75) is 19.4 Å². The van der Waals surface area contributed by atoms with Crippen molar-refractivity contribution < 1.29 is 9.18 Å². The molecule has 1 N–H and O–H groups in total. The fraction of sp³-hybridized carbons (Fsp3) is 0.250. The molecule has 0 radical (unpaired) electrons. The first-order valence-electron chi connectivity index (χ1n) is 4.88. The summed E-state index contributed by atoms with van der Waals surface area (Å²) in [6, 6.07) is 4.62. The highest BCUT2D eigenvalue weighted by atomic mass is 19.1. The summed E-state index contributed by atoms with van der Waals surface area (Å²) < 4.78 is 12.9. The zero-order valence-corrected chi connectivity index (χ0v) is 8.46. The molecule has 1 aromatic carbocycles. The number of carbonyl (C=O) groups is 1. The highest BCUT2D eigenvalue weighted by Crippen LogP contribution is 2.23. The van der Waals surface area contributed by atoms with E-state index in [1.54, 1.807) is 12.3 Å². The van der Waals surface area contributed by atoms with Crippen molar-refractivity contribution in [3.63, 3.8) is 0 Å². The molecule has 1 heterocycles. The van der Waals surface area contributed by atoms with Gasteiger partial charge in [-0.1, -0.05) is 6.07 Å². The Morgan fingerprint density at radius 2 is 2.27 bits per heavy atom. The van der Waals surface area contributed by atoms with Gasteiger partial charge in [0.2, 0.25) is 0 Å². The normalized spacial score (nSPS) is 20.1. The van der Waals surface area contributed by atoms with Crippen LogP contribution in [0, 0.1) is 12.7 Å². The van der Waals surface area contributed by atoms with Gasteiger partial charge in [-0.25, -0.2) is 4.39 Å². The SMILES string of the molecule is Cc1cc(F)ccc1[C@H]1CC(=O)C=CN1. The Labute approximate surface area is 87.8 Å². The van der Waals surface area contributed by atoms with Gasteiger partial charge in [0.25, 0.3) is 0 Å². The maximum Gasteiger partial charge on any atom is 0.159 e. The van der Waals surface area contributed by atoms with Gasteiger partial charge in [-0.3, -0.25) is 4.79 Å². The van der Waals surface area contributed by atoms with Crippen molar-refractivity contribution in [3.8, 4) is 0 Å². The van der Waals surface area contributed by atoms with Gasteiger partial charge in [-0.15, -0.1) is 0 Å². The van der Waals surface area contributed by atoms with Crippen molar-refractivity contribution >= 4 is 5.78 Å². The zero-order valence-electron chi connectivity index (χ0n) is 8.46. The van der Waals surface area contributed by atoms with E-state index in [2.05, 4.69) is 5.32 Å². The van der Waals surface area contributed by atoms with E-state index >= 15 is 0 Å². The van der Waals surface area contributed by atoms with E-state index < -0.39 is 0 Å². The fourth-order valence-electron chi connectivity index (χ4n) is 1.82. The lowest BCUT2D eigenvalue weighted by Crippen LogP contribution is -2.23. The molecule has 1 aliphatic heterocycles. The van der Waals surface area contributed by atoms with Crippen LogP contribution in [-0.2, 0) is 4.79 Å². The Kier molecular flexibility index (Phi) is 2.54. The number of carbonyl (C=O) groups excluding carboxylic acids is 1. The molecule has 1 aliphatic rings. The third-order valence-corrected chi connectivity index (χ3v) is 2.58. The Balaban J connectivity index is 2.30. The van der Waals surface area contributed by atoms with E-state index in [4.69, 9.17) is 0 Å². The minimum absolute atomic E-state index is 0.0249. The van der Waals surface area contributed by atoms with Crippen LogP contribution in [0.25, 0.3) is 0 Å². The monoisotopic (exact) mass is 205 g/mol. The van der Waals surface area contributed by atoms with Crippen molar-refractivity contribution in [2.24, 2.45) is 0 Å². The highest BCUT2D eigenvalue weighted by Gasteiger charge is 2.18. The molecule has 1 aromatic rings. The second-order valence-electron chi connectivity index (χ2n) is 3.72. The maximum atomic E-state index is 12.9. The quantitative estimate of drug-likeness (QED) is 0.761. The topological polar surface area (TPSA) is 29.1 Å². The van der Waals surface area contributed by atoms with Crippen LogP contribution >= 0.6 is 0 Å². The number of hydrogen-bond acceptors (Lipinski definition) is 2. The van der Waals surface area contributed by atoms with Gasteiger partial charge >= 0.3 is 0 Å². The first-order valence-corrected chi connectivity index (χ1v) is 4.88. The van der Waals surface area contributed by atoms with Gasteiger partial charge in [-0.05, 0) is 36.3 Å². The lowest BCUT2D eigenvalue weighted by Gasteiger charge is -2.21. The van der Waals surface area contributed by atoms with Gasteiger partial charge in [0.05, 0.1) is 6.04 Å². The second kappa shape index (κ2) is 3.85. The molecule has 3 heteroatoms. The molecule has 0 fully saturated rings. The third-order valence-electron chi connectivity index (χ3n) is 2.58. The molecule has 0 saturated heterocycles. The Morgan fingerprint density at radius 1 is 1.47 bits per heavy atom. The molecule has 15 heavy (non-hydrogen) atoms. The standard InChI is InChI=1S/C12H12FNO/c1-8-6-9(13)2-3-11(8)12-7-10(15)4-5-14-12/h2-6,12,14H,7H2,1H3/t12-/m1/s1. The van der Waals surface area contributed by atoms with Crippen molar-refractivity contribution in [1.82, 2.24) is 5.32 Å². The van der Waals surface area contributed by atoms with E-state index in [9.17, 15) is 9.18 Å². The summed E-state index contributed by atoms with van der Waals surface area (Å²) in [4.78, 5) is 11.2. The molecule has 0 bridgehead atoms. The smallest absolute Gasteiger partial charge is 0.159 e. The number of halogens is 1. The number of allylic oxidation sites excluding steroid dienone is 1. The van der Waals surface area contributed by atoms with Crippen LogP contribution in [0.2, 0.25) is 0 Å². The van der Waals surface area contributed by atoms with Crippen molar-refractivity contribution in [2.75, 3.05) is 0 Å². The highest BCUT2D eigenvalue weighted by molar-refractivity contribution is 5.90. The van der Waals surface area contributed by atoms with Crippen LogP contribution in [0.3, 0.4) is 0 Å². The van der Waals surface area contributed by atoms with Crippen molar-refractivity contribution in [3.05, 3.63) is 47.4 Å². The van der Waals surface area contributed by atoms with Gasteiger partial charge < -0.3 is 5.32 Å². The summed E-state index contributed by atoms with van der Waals surface area (Å²) in [5.74, 6) is -0.142. The fourth-order valence-corrected chi connectivity index (χ4v) is 1.82. The lowest BCUT2D eigenvalue weighted by atomic mass is 9.95. The number of hydrogen-bond donors (Lipinski definition) is 1. The summed E-state index contributed by atoms with van der Waals surface area (Å²) in [7, 11) is 0. The second-order valence-corrected chi connectivity index (χ2v) is 3.72. The number of ketones is 1. The molecule has 0 saturated carbocycles. The largest absolute Gasteiger partial charge is 0.384 e. The van der Waals surface area contributed by atoms with E-state index in [0.29, 0.717) is 6.42 Å². The van der Waals surface area contributed by atoms with Crippen molar-refractivity contribution in [1.29, 1.82) is 0 Å². The third kappa shape index (κ3) is 2.06. The molecule has 1 atom stereocenters. The van der Waals surface area contributed by atoms with Gasteiger partial charge in [-0.2, -0.15) is 0 Å². The van der Waals surface area contributed by atoms with Gasteiger partial charge in [0, 0.05) is 12.6 Å². The van der Waals surface area contributed by atoms with Crippen LogP contribution in [0.4, 0.5) is 4.39 Å². The predicted octanol–water partition coefficient (Wildman–Crippen LogP) is 2.25. The summed E-state index contributed by atoms with van der Waals surface area (Å²) in [6.45, 7) is 1.85. The molecular weight excluding hydrogens is 193 g/mol. The molecule has 78 valence electrons. The Hall–Kier alpha value is -1.64. The summed E-state index contributed by atoms with van der Waals surface area (Å²) >= 11 is 0. The van der Waals surface area contributed by atoms with E-state index in [1.165, 1.54) is 18.2 Å². The predicted molar refractivity (Wildman–Crippen MR) is 55.8 cm³/mol. The molecule has 0 amide bonds. The van der Waals surface area contributed by atoms with Crippen LogP contribution in [0.1, 0.15) is 23.6 Å². The first-order chi connectivity index (χ1) is 7.16. The Bertz CT molecular complexity index is 426. The number of rotatable bonds is 1. The van der Waals surface area contributed by atoms with Crippen LogP contribution in [0.15, 0.2) is 30.5 Å². The average Bonchev–Trinajstić information content (AvgIpc) is 2.17. The molecule has 0 spiro atoms. The maximum absolute atomic E-state index is 12.9. The first kappa shape index (κ1) is 9.90. The number of nitrogens with one attached hydrogen (secondary N) is 1. The molecule has 0 unspecified atom stereocenters. The average molecular weight is 205 g/mol. The van der Waals surface area contributed by atoms with Crippen LogP contribution in [-0.4, -0.2) is 5.78 Å². The zero-order chi connectivity index (χ0) is 10.8. The summed E-state index contributed by atoms with van der Waals surface area (Å²) in [5, 5.41) is 3.10. The molecule has 2 rings (SSSR count). The molecule has 0 aromatic heterocycles. The van der Waals surface area contributed by atoms with E-state index in [-0.39, 0.29) is 17.6 Å². The van der Waals surface area contributed by atoms with Gasteiger partial charge in [0.1, 0.15) is 5.82 Å². The lowest BCUT2D eigenvalue weighted by molar-refractivity contribution is -0.115. The molecule has 0 aliphatic carbocycles. The van der Waals surface area contributed by atoms with E-state index in [0.717, 1.165) is 11.1 Å². The molecule has 2 nitrogen and oxygen atoms in total. The molecular formula is C12H12FNO. The summed E-state index contributed by atoms with van der Waals surface area (Å²) in [5.41, 5.74) is 1.85. The minimum Gasteiger partial charge on any atom is -0.384 e. The van der Waals surface area contributed by atoms with Gasteiger partial charge in [0.15, 0.2) is 5.78 Å². The minimum atomic E-state index is -0.242. The van der Waals surface area contributed by atoms with Crippen LogP contribution < -0.4 is 5.32 Å². The number of benzene rings is 1. The van der Waals surface area contributed by atoms with Crippen LogP contribution in [0.5, 0.6) is 0 Å². The Morgan fingerprint density at radius 3 is 2.93 bits per heavy atom. The van der Waals surface area contributed by atoms with E-state index in [1.807, 2.05) is 6.92 Å². The number of aryl methyl sites for hydroxylation is 1. The summed E-state index contributed by atoms with van der Waals surface area (Å²) in [6.07, 6.45) is 3.61.